The van der Waals surface area contributed by atoms with E-state index in [1.54, 1.807) is 0 Å². The van der Waals surface area contributed by atoms with E-state index in [1.807, 2.05) is 13.8 Å². The van der Waals surface area contributed by atoms with Crippen LogP contribution in [0.15, 0.2) is 0 Å². The van der Waals surface area contributed by atoms with Crippen molar-refractivity contribution < 1.29 is 9.84 Å². The van der Waals surface area contributed by atoms with Crippen molar-refractivity contribution in [3.8, 4) is 0 Å². The Labute approximate surface area is 80.5 Å². The zero-order valence-electron chi connectivity index (χ0n) is 8.68. The molecule has 2 N–H and O–H groups in total. The highest BCUT2D eigenvalue weighted by molar-refractivity contribution is 4.73. The minimum absolute atomic E-state index is 0.347. The summed E-state index contributed by atoms with van der Waals surface area (Å²) in [5.74, 6) is 0. The summed E-state index contributed by atoms with van der Waals surface area (Å²) in [7, 11) is 0. The number of rotatable bonds is 4. The molecular weight excluding hydrogens is 166 g/mol. The first-order valence-corrected chi connectivity index (χ1v) is 5.19. The highest BCUT2D eigenvalue weighted by atomic mass is 16.5. The quantitative estimate of drug-likeness (QED) is 0.687. The molecule has 3 heteroatoms. The van der Waals surface area contributed by atoms with Crippen LogP contribution in [0.25, 0.3) is 0 Å². The zero-order valence-corrected chi connectivity index (χ0v) is 8.68. The maximum Gasteiger partial charge on any atom is 0.0849 e. The van der Waals surface area contributed by atoms with Crippen LogP contribution in [0, 0.1) is 0 Å². The summed E-state index contributed by atoms with van der Waals surface area (Å²) in [5, 5.41) is 13.0. The van der Waals surface area contributed by atoms with Gasteiger partial charge >= 0.3 is 0 Å². The van der Waals surface area contributed by atoms with E-state index in [1.165, 1.54) is 0 Å². The van der Waals surface area contributed by atoms with Gasteiger partial charge in [-0.1, -0.05) is 6.92 Å². The number of hydrogen-bond acceptors (Lipinski definition) is 3. The van der Waals surface area contributed by atoms with E-state index in [4.69, 9.17) is 4.74 Å². The lowest BCUT2D eigenvalue weighted by Crippen LogP contribution is -2.37. The third kappa shape index (κ3) is 4.07. The molecule has 1 atom stereocenters. The standard InChI is InChI=1S/C10H21NO2/c1-3-10(2,12)8-13-9-4-6-11-7-5-9/h9,11-12H,3-8H2,1-2H3. The fourth-order valence-corrected chi connectivity index (χ4v) is 1.36. The minimum Gasteiger partial charge on any atom is -0.388 e. The van der Waals surface area contributed by atoms with Crippen molar-refractivity contribution in [3.05, 3.63) is 0 Å². The van der Waals surface area contributed by atoms with Gasteiger partial charge in [0.15, 0.2) is 0 Å². The third-order valence-corrected chi connectivity index (χ3v) is 2.68. The van der Waals surface area contributed by atoms with Gasteiger partial charge in [0.2, 0.25) is 0 Å². The summed E-state index contributed by atoms with van der Waals surface area (Å²) in [6.07, 6.45) is 3.23. The van der Waals surface area contributed by atoms with Crippen LogP contribution in [0.4, 0.5) is 0 Å². The Hall–Kier alpha value is -0.120. The monoisotopic (exact) mass is 187 g/mol. The Morgan fingerprint density at radius 2 is 2.08 bits per heavy atom. The van der Waals surface area contributed by atoms with Crippen LogP contribution in [0.2, 0.25) is 0 Å². The molecule has 0 aromatic heterocycles. The summed E-state index contributed by atoms with van der Waals surface area (Å²) in [4.78, 5) is 0. The summed E-state index contributed by atoms with van der Waals surface area (Å²) in [6.45, 7) is 6.35. The molecule has 0 aliphatic carbocycles. The van der Waals surface area contributed by atoms with E-state index in [0.29, 0.717) is 12.7 Å². The molecule has 0 bridgehead atoms. The van der Waals surface area contributed by atoms with Crippen LogP contribution in [-0.2, 0) is 4.74 Å². The Morgan fingerprint density at radius 1 is 1.46 bits per heavy atom. The van der Waals surface area contributed by atoms with Gasteiger partial charge in [0, 0.05) is 0 Å². The lowest BCUT2D eigenvalue weighted by atomic mass is 10.0. The van der Waals surface area contributed by atoms with Gasteiger partial charge in [-0.05, 0) is 39.3 Å². The van der Waals surface area contributed by atoms with Gasteiger partial charge in [0.05, 0.1) is 18.3 Å². The molecule has 0 aromatic carbocycles. The molecule has 1 rings (SSSR count). The molecule has 1 saturated heterocycles. The Bertz CT molecular complexity index is 142. The molecule has 3 nitrogen and oxygen atoms in total. The second-order valence-corrected chi connectivity index (χ2v) is 4.11. The van der Waals surface area contributed by atoms with Gasteiger partial charge in [-0.25, -0.2) is 0 Å². The van der Waals surface area contributed by atoms with Crippen molar-refractivity contribution >= 4 is 0 Å². The van der Waals surface area contributed by atoms with Crippen LogP contribution in [0.3, 0.4) is 0 Å². The van der Waals surface area contributed by atoms with Gasteiger partial charge in [-0.2, -0.15) is 0 Å². The van der Waals surface area contributed by atoms with Gasteiger partial charge in [0.25, 0.3) is 0 Å². The second-order valence-electron chi connectivity index (χ2n) is 4.11. The Morgan fingerprint density at radius 3 is 2.62 bits per heavy atom. The number of piperidine rings is 1. The molecular formula is C10H21NO2. The second kappa shape index (κ2) is 4.94. The van der Waals surface area contributed by atoms with Crippen molar-refractivity contribution in [2.45, 2.75) is 44.8 Å². The van der Waals surface area contributed by atoms with Crippen molar-refractivity contribution in [2.24, 2.45) is 0 Å². The van der Waals surface area contributed by atoms with Crippen LogP contribution in [-0.4, -0.2) is 36.5 Å². The molecule has 1 aliphatic rings. The number of hydrogen-bond donors (Lipinski definition) is 2. The first-order chi connectivity index (χ1) is 6.14. The third-order valence-electron chi connectivity index (χ3n) is 2.68. The molecule has 78 valence electrons. The van der Waals surface area contributed by atoms with E-state index < -0.39 is 5.60 Å². The average molecular weight is 187 g/mol. The molecule has 0 spiro atoms. The minimum atomic E-state index is -0.648. The van der Waals surface area contributed by atoms with E-state index in [-0.39, 0.29) is 0 Å². The first kappa shape index (κ1) is 11.0. The summed E-state index contributed by atoms with van der Waals surface area (Å²) in [5.41, 5.74) is -0.648. The fourth-order valence-electron chi connectivity index (χ4n) is 1.36. The fraction of sp³-hybridized carbons (Fsp3) is 1.00. The molecule has 0 amide bonds. The molecule has 0 aromatic rings. The summed E-state index contributed by atoms with van der Waals surface area (Å²) >= 11 is 0. The van der Waals surface area contributed by atoms with Crippen molar-refractivity contribution in [1.29, 1.82) is 0 Å². The van der Waals surface area contributed by atoms with E-state index in [0.717, 1.165) is 32.4 Å². The highest BCUT2D eigenvalue weighted by Crippen LogP contribution is 2.13. The van der Waals surface area contributed by atoms with Crippen molar-refractivity contribution in [2.75, 3.05) is 19.7 Å². The normalized spacial score (nSPS) is 24.2. The topological polar surface area (TPSA) is 41.5 Å². The number of ether oxygens (including phenoxy) is 1. The number of aliphatic hydroxyl groups is 1. The van der Waals surface area contributed by atoms with Gasteiger partial charge < -0.3 is 15.2 Å². The first-order valence-electron chi connectivity index (χ1n) is 5.19. The predicted molar refractivity (Wildman–Crippen MR) is 52.8 cm³/mol. The smallest absolute Gasteiger partial charge is 0.0849 e. The summed E-state index contributed by atoms with van der Waals surface area (Å²) < 4.78 is 5.65. The molecule has 0 saturated carbocycles. The molecule has 1 unspecified atom stereocenters. The van der Waals surface area contributed by atoms with Crippen LogP contribution in [0.1, 0.15) is 33.1 Å². The molecule has 13 heavy (non-hydrogen) atoms. The maximum atomic E-state index is 9.71. The van der Waals surface area contributed by atoms with Crippen molar-refractivity contribution in [3.63, 3.8) is 0 Å². The molecule has 1 heterocycles. The van der Waals surface area contributed by atoms with Crippen LogP contribution in [0.5, 0.6) is 0 Å². The summed E-state index contributed by atoms with van der Waals surface area (Å²) in [6, 6.07) is 0. The van der Waals surface area contributed by atoms with E-state index in [2.05, 4.69) is 5.32 Å². The lowest BCUT2D eigenvalue weighted by molar-refractivity contribution is -0.0712. The lowest BCUT2D eigenvalue weighted by Gasteiger charge is -2.28. The van der Waals surface area contributed by atoms with E-state index >= 15 is 0 Å². The highest BCUT2D eigenvalue weighted by Gasteiger charge is 2.21. The van der Waals surface area contributed by atoms with Gasteiger partial charge in [-0.3, -0.25) is 0 Å². The largest absolute Gasteiger partial charge is 0.388 e. The van der Waals surface area contributed by atoms with Gasteiger partial charge in [-0.15, -0.1) is 0 Å². The molecule has 1 fully saturated rings. The van der Waals surface area contributed by atoms with Crippen LogP contribution >= 0.6 is 0 Å². The average Bonchev–Trinajstić information content (AvgIpc) is 2.17. The molecule has 1 aliphatic heterocycles. The predicted octanol–water partition coefficient (Wildman–Crippen LogP) is 0.916. The van der Waals surface area contributed by atoms with Crippen LogP contribution < -0.4 is 5.32 Å². The van der Waals surface area contributed by atoms with Gasteiger partial charge in [0.1, 0.15) is 0 Å². The maximum absolute atomic E-state index is 9.71. The Balaban J connectivity index is 2.17. The SMILES string of the molecule is CCC(C)(O)COC1CCNCC1. The molecule has 0 radical (unpaired) electrons. The Kier molecular flexibility index (Phi) is 4.16. The van der Waals surface area contributed by atoms with E-state index in [9.17, 15) is 5.11 Å². The van der Waals surface area contributed by atoms with Crippen molar-refractivity contribution in [1.82, 2.24) is 5.32 Å². The number of nitrogens with one attached hydrogen (secondary N) is 1. The zero-order chi connectivity index (χ0) is 9.73.